The number of unbranched alkanes of at least 4 members (excludes halogenated alkanes) is 2. The molecule has 0 saturated carbocycles. The van der Waals surface area contributed by atoms with Crippen LogP contribution in [-0.2, 0) is 0 Å². The van der Waals surface area contributed by atoms with E-state index in [1.54, 1.807) is 0 Å². The SMILES string of the molecule is CCCCCOc1ccc([N+](=O)[O-])cc1C=O. The van der Waals surface area contributed by atoms with Crippen LogP contribution in [0.15, 0.2) is 18.2 Å². The van der Waals surface area contributed by atoms with Crippen LogP contribution in [0.4, 0.5) is 5.69 Å². The fraction of sp³-hybridized carbons (Fsp3) is 0.417. The van der Waals surface area contributed by atoms with E-state index in [0.717, 1.165) is 19.3 Å². The number of carbonyl (C=O) groups excluding carboxylic acids is 1. The summed E-state index contributed by atoms with van der Waals surface area (Å²) in [5.74, 6) is 0.404. The van der Waals surface area contributed by atoms with Gasteiger partial charge in [-0.15, -0.1) is 0 Å². The number of carbonyl (C=O) groups is 1. The first kappa shape index (κ1) is 13.2. The van der Waals surface area contributed by atoms with Crippen LogP contribution in [0, 0.1) is 10.1 Å². The number of benzene rings is 1. The highest BCUT2D eigenvalue weighted by Crippen LogP contribution is 2.22. The molecule has 1 aromatic carbocycles. The van der Waals surface area contributed by atoms with Crippen molar-refractivity contribution in [1.82, 2.24) is 0 Å². The molecular weight excluding hydrogens is 222 g/mol. The number of nitrogens with zero attached hydrogens (tertiary/aromatic N) is 1. The number of non-ortho nitro benzene ring substituents is 1. The largest absolute Gasteiger partial charge is 0.493 e. The third-order valence-corrected chi connectivity index (χ3v) is 2.34. The summed E-state index contributed by atoms with van der Waals surface area (Å²) in [5.41, 5.74) is 0.115. The Morgan fingerprint density at radius 3 is 2.76 bits per heavy atom. The standard InChI is InChI=1S/C12H15NO4/c1-2-3-4-7-17-12-6-5-11(13(15)16)8-10(12)9-14/h5-6,8-9H,2-4,7H2,1H3. The molecule has 1 rings (SSSR count). The van der Waals surface area contributed by atoms with Gasteiger partial charge in [0, 0.05) is 12.1 Å². The topological polar surface area (TPSA) is 69.4 Å². The lowest BCUT2D eigenvalue weighted by atomic mass is 10.2. The number of nitro benzene ring substituents is 1. The van der Waals surface area contributed by atoms with Gasteiger partial charge in [-0.25, -0.2) is 0 Å². The fourth-order valence-electron chi connectivity index (χ4n) is 1.41. The first-order valence-electron chi connectivity index (χ1n) is 5.55. The van der Waals surface area contributed by atoms with Gasteiger partial charge >= 0.3 is 0 Å². The summed E-state index contributed by atoms with van der Waals surface area (Å²) >= 11 is 0. The third-order valence-electron chi connectivity index (χ3n) is 2.34. The highest BCUT2D eigenvalue weighted by molar-refractivity contribution is 5.80. The number of hydrogen-bond donors (Lipinski definition) is 0. The van der Waals surface area contributed by atoms with Crippen molar-refractivity contribution >= 4 is 12.0 Å². The summed E-state index contributed by atoms with van der Waals surface area (Å²) in [6.07, 6.45) is 3.63. The Morgan fingerprint density at radius 1 is 1.41 bits per heavy atom. The van der Waals surface area contributed by atoms with Crippen molar-refractivity contribution in [2.45, 2.75) is 26.2 Å². The molecule has 92 valence electrons. The molecule has 1 aromatic rings. The van der Waals surface area contributed by atoms with Crippen molar-refractivity contribution in [2.24, 2.45) is 0 Å². The lowest BCUT2D eigenvalue weighted by molar-refractivity contribution is -0.384. The highest BCUT2D eigenvalue weighted by Gasteiger charge is 2.10. The molecule has 0 unspecified atom stereocenters. The number of rotatable bonds is 7. The van der Waals surface area contributed by atoms with Gasteiger partial charge in [0.1, 0.15) is 5.75 Å². The Balaban J connectivity index is 2.71. The van der Waals surface area contributed by atoms with Crippen molar-refractivity contribution in [1.29, 1.82) is 0 Å². The van der Waals surface area contributed by atoms with Crippen molar-refractivity contribution in [2.75, 3.05) is 6.61 Å². The average molecular weight is 237 g/mol. The molecule has 0 fully saturated rings. The lowest BCUT2D eigenvalue weighted by Crippen LogP contribution is -2.00. The number of aldehydes is 1. The van der Waals surface area contributed by atoms with Gasteiger partial charge in [0.25, 0.3) is 5.69 Å². The smallest absolute Gasteiger partial charge is 0.270 e. The fourth-order valence-corrected chi connectivity index (χ4v) is 1.41. The summed E-state index contributed by atoms with van der Waals surface area (Å²) in [4.78, 5) is 20.8. The zero-order chi connectivity index (χ0) is 12.7. The zero-order valence-corrected chi connectivity index (χ0v) is 9.72. The zero-order valence-electron chi connectivity index (χ0n) is 9.72. The van der Waals surface area contributed by atoms with E-state index in [1.165, 1.54) is 18.2 Å². The van der Waals surface area contributed by atoms with E-state index < -0.39 is 4.92 Å². The van der Waals surface area contributed by atoms with E-state index >= 15 is 0 Å². The van der Waals surface area contributed by atoms with Crippen molar-refractivity contribution in [3.63, 3.8) is 0 Å². The van der Waals surface area contributed by atoms with E-state index in [2.05, 4.69) is 6.92 Å². The van der Waals surface area contributed by atoms with Gasteiger partial charge in [-0.05, 0) is 12.5 Å². The van der Waals surface area contributed by atoms with E-state index in [1.807, 2.05) is 0 Å². The second kappa shape index (κ2) is 6.62. The second-order valence-corrected chi connectivity index (χ2v) is 3.65. The molecule has 0 aliphatic heterocycles. The minimum atomic E-state index is -0.534. The van der Waals surface area contributed by atoms with Crippen LogP contribution >= 0.6 is 0 Å². The summed E-state index contributed by atoms with van der Waals surface area (Å²) in [7, 11) is 0. The minimum Gasteiger partial charge on any atom is -0.493 e. The summed E-state index contributed by atoms with van der Waals surface area (Å²) in [5, 5.41) is 10.5. The molecular formula is C12H15NO4. The average Bonchev–Trinajstić information content (AvgIpc) is 2.34. The maximum absolute atomic E-state index is 10.8. The highest BCUT2D eigenvalue weighted by atomic mass is 16.6. The Bertz CT molecular complexity index is 403. The Kier molecular flexibility index (Phi) is 5.13. The monoisotopic (exact) mass is 237 g/mol. The number of nitro groups is 1. The Labute approximate surface area is 99.5 Å². The minimum absolute atomic E-state index is 0.104. The van der Waals surface area contributed by atoms with Gasteiger partial charge in [-0.2, -0.15) is 0 Å². The maximum Gasteiger partial charge on any atom is 0.270 e. The van der Waals surface area contributed by atoms with Crippen LogP contribution in [0.2, 0.25) is 0 Å². The second-order valence-electron chi connectivity index (χ2n) is 3.65. The van der Waals surface area contributed by atoms with Crippen LogP contribution in [-0.4, -0.2) is 17.8 Å². The molecule has 0 atom stereocenters. The van der Waals surface area contributed by atoms with Gasteiger partial charge in [0.2, 0.25) is 0 Å². The molecule has 0 aliphatic rings. The molecule has 17 heavy (non-hydrogen) atoms. The normalized spacial score (nSPS) is 9.94. The molecule has 0 N–H and O–H groups in total. The predicted molar refractivity (Wildman–Crippen MR) is 63.5 cm³/mol. The van der Waals surface area contributed by atoms with Crippen LogP contribution in [0.3, 0.4) is 0 Å². The van der Waals surface area contributed by atoms with Gasteiger partial charge in [-0.1, -0.05) is 19.8 Å². The molecule has 0 aromatic heterocycles. The molecule has 5 heteroatoms. The van der Waals surface area contributed by atoms with E-state index in [9.17, 15) is 14.9 Å². The number of hydrogen-bond acceptors (Lipinski definition) is 4. The molecule has 5 nitrogen and oxygen atoms in total. The molecule has 0 spiro atoms. The van der Waals surface area contributed by atoms with Crippen LogP contribution < -0.4 is 4.74 Å². The first-order valence-corrected chi connectivity index (χ1v) is 5.55. The van der Waals surface area contributed by atoms with Gasteiger partial charge in [-0.3, -0.25) is 14.9 Å². The summed E-state index contributed by atoms with van der Waals surface area (Å²) in [6.45, 7) is 2.61. The van der Waals surface area contributed by atoms with E-state index in [-0.39, 0.29) is 11.3 Å². The molecule has 0 amide bonds. The quantitative estimate of drug-likeness (QED) is 0.316. The molecule has 0 saturated heterocycles. The van der Waals surface area contributed by atoms with E-state index in [0.29, 0.717) is 18.6 Å². The third kappa shape index (κ3) is 3.86. The maximum atomic E-state index is 10.8. The van der Waals surface area contributed by atoms with Crippen molar-refractivity contribution in [3.8, 4) is 5.75 Å². The van der Waals surface area contributed by atoms with Crippen LogP contribution in [0.25, 0.3) is 0 Å². The predicted octanol–water partition coefficient (Wildman–Crippen LogP) is 2.98. The summed E-state index contributed by atoms with van der Waals surface area (Å²) < 4.78 is 5.41. The molecule has 0 heterocycles. The van der Waals surface area contributed by atoms with Gasteiger partial charge in [0.05, 0.1) is 17.1 Å². The van der Waals surface area contributed by atoms with E-state index in [4.69, 9.17) is 4.74 Å². The first-order chi connectivity index (χ1) is 8.19. The molecule has 0 aliphatic carbocycles. The van der Waals surface area contributed by atoms with Crippen LogP contribution in [0.5, 0.6) is 5.75 Å². The van der Waals surface area contributed by atoms with Gasteiger partial charge in [0.15, 0.2) is 6.29 Å². The lowest BCUT2D eigenvalue weighted by Gasteiger charge is -2.07. The molecule has 0 radical (unpaired) electrons. The van der Waals surface area contributed by atoms with Gasteiger partial charge < -0.3 is 4.74 Å². The van der Waals surface area contributed by atoms with Crippen molar-refractivity contribution in [3.05, 3.63) is 33.9 Å². The Hall–Kier alpha value is -1.91. The number of ether oxygens (including phenoxy) is 1. The summed E-state index contributed by atoms with van der Waals surface area (Å²) in [6, 6.07) is 4.03. The van der Waals surface area contributed by atoms with Crippen LogP contribution in [0.1, 0.15) is 36.5 Å². The Morgan fingerprint density at radius 2 is 2.18 bits per heavy atom. The van der Waals surface area contributed by atoms with Crippen molar-refractivity contribution < 1.29 is 14.5 Å². The molecule has 0 bridgehead atoms.